The zero-order valence-corrected chi connectivity index (χ0v) is 11.7. The highest BCUT2D eigenvalue weighted by atomic mass is 32.1. The molecule has 2 aliphatic rings. The lowest BCUT2D eigenvalue weighted by Gasteiger charge is -2.34. The van der Waals surface area contributed by atoms with Crippen LogP contribution in [0.4, 0.5) is 4.79 Å². The monoisotopic (exact) mass is 278 g/mol. The Kier molecular flexibility index (Phi) is 3.31. The summed E-state index contributed by atoms with van der Waals surface area (Å²) in [6.45, 7) is 0.543. The molecule has 3 amide bonds. The van der Waals surface area contributed by atoms with E-state index in [-0.39, 0.29) is 11.9 Å². The zero-order chi connectivity index (χ0) is 13.3. The van der Waals surface area contributed by atoms with Crippen molar-refractivity contribution in [3.63, 3.8) is 0 Å². The van der Waals surface area contributed by atoms with Crippen LogP contribution < -0.4 is 5.32 Å². The molecule has 1 spiro atoms. The van der Waals surface area contributed by atoms with Crippen LogP contribution in [0.2, 0.25) is 0 Å². The van der Waals surface area contributed by atoms with E-state index in [0.717, 1.165) is 44.1 Å². The summed E-state index contributed by atoms with van der Waals surface area (Å²) in [6.07, 6.45) is 5.98. The summed E-state index contributed by atoms with van der Waals surface area (Å²) in [5.41, 5.74) is 0.522. The molecule has 0 aromatic carbocycles. The van der Waals surface area contributed by atoms with Crippen LogP contribution in [-0.2, 0) is 11.3 Å². The van der Waals surface area contributed by atoms with Gasteiger partial charge >= 0.3 is 6.03 Å². The Morgan fingerprint density at radius 3 is 2.58 bits per heavy atom. The van der Waals surface area contributed by atoms with Gasteiger partial charge in [0.25, 0.3) is 5.91 Å². The first kappa shape index (κ1) is 12.7. The molecule has 0 radical (unpaired) electrons. The van der Waals surface area contributed by atoms with Gasteiger partial charge in [0.1, 0.15) is 5.54 Å². The summed E-state index contributed by atoms with van der Waals surface area (Å²) in [6, 6.07) is 1.80. The van der Waals surface area contributed by atoms with Crippen molar-refractivity contribution in [3.8, 4) is 0 Å². The van der Waals surface area contributed by atoms with Crippen LogP contribution in [0, 0.1) is 0 Å². The maximum Gasteiger partial charge on any atom is 0.325 e. The van der Waals surface area contributed by atoms with E-state index in [0.29, 0.717) is 6.54 Å². The quantitative estimate of drug-likeness (QED) is 0.846. The Bertz CT molecular complexity index is 476. The SMILES string of the molecule is O=C1NC(=O)C2(CCCCCC2)N1Cc1ccsc1. The second kappa shape index (κ2) is 4.96. The minimum atomic E-state index is -0.588. The number of nitrogens with one attached hydrogen (secondary N) is 1. The maximum atomic E-state index is 12.3. The number of hydrogen-bond acceptors (Lipinski definition) is 3. The van der Waals surface area contributed by atoms with E-state index >= 15 is 0 Å². The van der Waals surface area contributed by atoms with Crippen molar-refractivity contribution in [2.24, 2.45) is 0 Å². The fourth-order valence-corrected chi connectivity index (χ4v) is 3.86. The van der Waals surface area contributed by atoms with Gasteiger partial charge in [-0.05, 0) is 35.2 Å². The van der Waals surface area contributed by atoms with Crippen LogP contribution in [0.3, 0.4) is 0 Å². The largest absolute Gasteiger partial charge is 0.325 e. The predicted octanol–water partition coefficient (Wildman–Crippen LogP) is 2.89. The van der Waals surface area contributed by atoms with Crippen LogP contribution >= 0.6 is 11.3 Å². The molecule has 5 heteroatoms. The summed E-state index contributed by atoms with van der Waals surface area (Å²) in [5.74, 6) is -0.0883. The third-order valence-electron chi connectivity index (χ3n) is 4.26. The molecule has 1 saturated carbocycles. The summed E-state index contributed by atoms with van der Waals surface area (Å²) < 4.78 is 0. The number of hydrogen-bond donors (Lipinski definition) is 1. The average molecular weight is 278 g/mol. The first-order valence-electron chi connectivity index (χ1n) is 6.86. The van der Waals surface area contributed by atoms with Crippen LogP contribution in [0.15, 0.2) is 16.8 Å². The molecule has 2 heterocycles. The van der Waals surface area contributed by atoms with Crippen molar-refractivity contribution >= 4 is 23.3 Å². The number of rotatable bonds is 2. The van der Waals surface area contributed by atoms with Gasteiger partial charge < -0.3 is 4.90 Å². The number of amides is 3. The molecule has 19 heavy (non-hydrogen) atoms. The van der Waals surface area contributed by atoms with Gasteiger partial charge in [0.05, 0.1) is 0 Å². The lowest BCUT2D eigenvalue weighted by atomic mass is 9.88. The molecule has 1 aromatic rings. The van der Waals surface area contributed by atoms with Crippen molar-refractivity contribution in [1.82, 2.24) is 10.2 Å². The maximum absolute atomic E-state index is 12.3. The normalized spacial score (nSPS) is 22.6. The van der Waals surface area contributed by atoms with Gasteiger partial charge in [0.15, 0.2) is 0 Å². The molecule has 1 aliphatic carbocycles. The Morgan fingerprint density at radius 1 is 1.21 bits per heavy atom. The summed E-state index contributed by atoms with van der Waals surface area (Å²) in [7, 11) is 0. The van der Waals surface area contributed by atoms with Gasteiger partial charge in [0, 0.05) is 6.54 Å². The first-order valence-corrected chi connectivity index (χ1v) is 7.81. The molecule has 1 N–H and O–H groups in total. The van der Waals surface area contributed by atoms with E-state index in [4.69, 9.17) is 0 Å². The lowest BCUT2D eigenvalue weighted by Crippen LogP contribution is -2.48. The van der Waals surface area contributed by atoms with Crippen LogP contribution in [0.5, 0.6) is 0 Å². The molecular weight excluding hydrogens is 260 g/mol. The fourth-order valence-electron chi connectivity index (χ4n) is 3.20. The van der Waals surface area contributed by atoms with E-state index < -0.39 is 5.54 Å². The van der Waals surface area contributed by atoms with Crippen LogP contribution in [0.1, 0.15) is 44.1 Å². The van der Waals surface area contributed by atoms with Gasteiger partial charge in [0.2, 0.25) is 0 Å². The molecule has 0 unspecified atom stereocenters. The Balaban J connectivity index is 1.89. The third-order valence-corrected chi connectivity index (χ3v) is 4.99. The molecule has 0 bridgehead atoms. The smallest absolute Gasteiger partial charge is 0.305 e. The highest BCUT2D eigenvalue weighted by molar-refractivity contribution is 7.07. The molecule has 102 valence electrons. The highest BCUT2D eigenvalue weighted by Crippen LogP contribution is 2.37. The van der Waals surface area contributed by atoms with Crippen molar-refractivity contribution < 1.29 is 9.59 Å². The summed E-state index contributed by atoms with van der Waals surface area (Å²) in [4.78, 5) is 26.1. The molecule has 3 rings (SSSR count). The predicted molar refractivity (Wildman–Crippen MR) is 73.8 cm³/mol. The van der Waals surface area contributed by atoms with Gasteiger partial charge in [-0.25, -0.2) is 4.79 Å². The van der Waals surface area contributed by atoms with Crippen LogP contribution in [-0.4, -0.2) is 22.4 Å². The Hall–Kier alpha value is -1.36. The van der Waals surface area contributed by atoms with E-state index in [9.17, 15) is 9.59 Å². The van der Waals surface area contributed by atoms with Gasteiger partial charge in [-0.2, -0.15) is 11.3 Å². The second-order valence-electron chi connectivity index (χ2n) is 5.42. The summed E-state index contributed by atoms with van der Waals surface area (Å²) in [5, 5.41) is 6.57. The van der Waals surface area contributed by atoms with Crippen molar-refractivity contribution in [2.75, 3.05) is 0 Å². The Morgan fingerprint density at radius 2 is 1.95 bits per heavy atom. The van der Waals surface area contributed by atoms with Crippen molar-refractivity contribution in [2.45, 2.75) is 50.6 Å². The molecule has 4 nitrogen and oxygen atoms in total. The number of imide groups is 1. The number of carbonyl (C=O) groups excluding carboxylic acids is 2. The molecule has 1 aromatic heterocycles. The molecule has 0 atom stereocenters. The molecule has 1 saturated heterocycles. The molecular formula is C14H18N2O2S. The van der Waals surface area contributed by atoms with E-state index in [1.807, 2.05) is 16.8 Å². The van der Waals surface area contributed by atoms with Crippen molar-refractivity contribution in [3.05, 3.63) is 22.4 Å². The number of urea groups is 1. The first-order chi connectivity index (χ1) is 9.22. The number of carbonyl (C=O) groups is 2. The van der Waals surface area contributed by atoms with Gasteiger partial charge in [-0.1, -0.05) is 25.7 Å². The number of nitrogens with zero attached hydrogens (tertiary/aromatic N) is 1. The fraction of sp³-hybridized carbons (Fsp3) is 0.571. The third kappa shape index (κ3) is 2.16. The molecule has 2 fully saturated rings. The number of thiophene rings is 1. The average Bonchev–Trinajstić information content (AvgIpc) is 2.87. The van der Waals surface area contributed by atoms with E-state index in [1.54, 1.807) is 16.2 Å². The zero-order valence-electron chi connectivity index (χ0n) is 10.9. The lowest BCUT2D eigenvalue weighted by molar-refractivity contribution is -0.127. The van der Waals surface area contributed by atoms with E-state index in [2.05, 4.69) is 5.32 Å². The molecule has 1 aliphatic heterocycles. The van der Waals surface area contributed by atoms with Crippen LogP contribution in [0.25, 0.3) is 0 Å². The Labute approximate surface area is 116 Å². The summed E-state index contributed by atoms with van der Waals surface area (Å²) >= 11 is 1.62. The van der Waals surface area contributed by atoms with Gasteiger partial charge in [-0.15, -0.1) is 0 Å². The standard InChI is InChI=1S/C14H18N2O2S/c17-12-14(6-3-1-2-4-7-14)16(13(18)15-12)9-11-5-8-19-10-11/h5,8,10H,1-4,6-7,9H2,(H,15,17,18). The van der Waals surface area contributed by atoms with Crippen molar-refractivity contribution in [1.29, 1.82) is 0 Å². The van der Waals surface area contributed by atoms with Gasteiger partial charge in [-0.3, -0.25) is 10.1 Å². The van der Waals surface area contributed by atoms with E-state index in [1.165, 1.54) is 0 Å². The topological polar surface area (TPSA) is 49.4 Å². The minimum absolute atomic E-state index is 0.0883. The second-order valence-corrected chi connectivity index (χ2v) is 6.20. The minimum Gasteiger partial charge on any atom is -0.305 e. The highest BCUT2D eigenvalue weighted by Gasteiger charge is 2.52.